The summed E-state index contributed by atoms with van der Waals surface area (Å²) in [5.74, 6) is -0.876. The molecule has 1 saturated heterocycles. The molecule has 1 aromatic rings. The minimum Gasteiger partial charge on any atom is -0.378 e. The molecule has 0 radical (unpaired) electrons. The van der Waals surface area contributed by atoms with E-state index in [2.05, 4.69) is 29.1 Å². The third-order valence-electron chi connectivity index (χ3n) is 6.18. The molecule has 1 fully saturated rings. The number of aliphatic imine (C=N–C) groups is 1. The van der Waals surface area contributed by atoms with Gasteiger partial charge in [0.15, 0.2) is 0 Å². The van der Waals surface area contributed by atoms with E-state index in [9.17, 15) is 9.59 Å². The summed E-state index contributed by atoms with van der Waals surface area (Å²) < 4.78 is 5.71. The molecule has 0 saturated carbocycles. The van der Waals surface area contributed by atoms with Gasteiger partial charge < -0.3 is 15.0 Å². The van der Waals surface area contributed by atoms with Crippen LogP contribution in [0.15, 0.2) is 28.8 Å². The normalized spacial score (nSPS) is 23.8. The number of hydrogen-bond acceptors (Lipinski definition) is 4. The molecule has 0 aromatic heterocycles. The highest BCUT2D eigenvalue weighted by atomic mass is 35.5. The van der Waals surface area contributed by atoms with E-state index in [0.29, 0.717) is 22.3 Å². The molecule has 2 aliphatic heterocycles. The highest BCUT2D eigenvalue weighted by Crippen LogP contribution is 2.32. The van der Waals surface area contributed by atoms with Gasteiger partial charge in [0.1, 0.15) is 0 Å². The second kappa shape index (κ2) is 9.96. The van der Waals surface area contributed by atoms with Gasteiger partial charge in [0.25, 0.3) is 11.8 Å². The van der Waals surface area contributed by atoms with Crippen LogP contribution >= 0.6 is 11.6 Å². The van der Waals surface area contributed by atoms with E-state index in [4.69, 9.17) is 16.3 Å². The Morgan fingerprint density at radius 2 is 2.06 bits per heavy atom. The minimum absolute atomic E-state index is 0.214. The first-order valence-electron chi connectivity index (χ1n) is 10.9. The van der Waals surface area contributed by atoms with Crippen molar-refractivity contribution in [2.45, 2.75) is 59.6 Å². The molecule has 168 valence electrons. The smallest absolute Gasteiger partial charge is 0.254 e. The third-order valence-corrected chi connectivity index (χ3v) is 6.39. The quantitative estimate of drug-likeness (QED) is 0.707. The van der Waals surface area contributed by atoms with E-state index in [-0.39, 0.29) is 24.5 Å². The van der Waals surface area contributed by atoms with Gasteiger partial charge >= 0.3 is 0 Å². The summed E-state index contributed by atoms with van der Waals surface area (Å²) in [6, 6.07) is 3.98. The zero-order valence-electron chi connectivity index (χ0n) is 19.0. The Bertz CT molecular complexity index is 925. The average Bonchev–Trinajstić information content (AvgIpc) is 2.70. The Kier molecular flexibility index (Phi) is 7.55. The second-order valence-electron chi connectivity index (χ2n) is 8.49. The molecule has 1 aromatic carbocycles. The van der Waals surface area contributed by atoms with Crippen molar-refractivity contribution in [1.82, 2.24) is 5.32 Å². The zero-order chi connectivity index (χ0) is 22.7. The van der Waals surface area contributed by atoms with Crippen molar-refractivity contribution < 1.29 is 14.3 Å². The minimum atomic E-state index is -0.428. The Balaban J connectivity index is 1.80. The number of amides is 2. The molecule has 2 heterocycles. The largest absolute Gasteiger partial charge is 0.378 e. The number of anilines is 1. The number of nitrogens with one attached hydrogen (secondary N) is 1. The van der Waals surface area contributed by atoms with Gasteiger partial charge in [-0.2, -0.15) is 0 Å². The third kappa shape index (κ3) is 5.36. The molecule has 1 unspecified atom stereocenters. The Hall–Kier alpha value is -2.18. The lowest BCUT2D eigenvalue weighted by Crippen LogP contribution is -2.42. The summed E-state index contributed by atoms with van der Waals surface area (Å²) in [5.41, 5.74) is 4.00. The molecule has 3 atom stereocenters. The number of benzene rings is 1. The van der Waals surface area contributed by atoms with Crippen molar-refractivity contribution in [3.63, 3.8) is 0 Å². The van der Waals surface area contributed by atoms with E-state index >= 15 is 0 Å². The number of allylic oxidation sites excluding steroid dienone is 1. The maximum absolute atomic E-state index is 13.1. The van der Waals surface area contributed by atoms with Crippen LogP contribution in [0.1, 0.15) is 56.5 Å². The molecular formula is C24H32ClN3O3. The number of rotatable bonds is 6. The molecule has 2 amide bonds. The van der Waals surface area contributed by atoms with Gasteiger partial charge in [0.2, 0.25) is 0 Å². The summed E-state index contributed by atoms with van der Waals surface area (Å²) in [7, 11) is 0. The topological polar surface area (TPSA) is 71.0 Å². The van der Waals surface area contributed by atoms with Gasteiger partial charge in [-0.05, 0) is 71.2 Å². The summed E-state index contributed by atoms with van der Waals surface area (Å²) in [5, 5.41) is 3.44. The lowest BCUT2D eigenvalue weighted by Gasteiger charge is -2.38. The maximum Gasteiger partial charge on any atom is 0.254 e. The number of dihydropyridines is 1. The lowest BCUT2D eigenvalue weighted by molar-refractivity contribution is -0.120. The van der Waals surface area contributed by atoms with E-state index < -0.39 is 5.92 Å². The van der Waals surface area contributed by atoms with Crippen LogP contribution in [0.4, 0.5) is 5.69 Å². The zero-order valence-corrected chi connectivity index (χ0v) is 19.8. The first kappa shape index (κ1) is 23.5. The fourth-order valence-electron chi connectivity index (χ4n) is 4.53. The summed E-state index contributed by atoms with van der Waals surface area (Å²) in [4.78, 5) is 31.6. The molecule has 7 heteroatoms. The lowest BCUT2D eigenvalue weighted by atomic mass is 9.95. The fourth-order valence-corrected chi connectivity index (χ4v) is 4.74. The molecule has 2 aliphatic rings. The number of carbonyl (C=O) groups is 2. The number of ether oxygens (including phenoxy) is 1. The fraction of sp³-hybridized carbons (Fsp3) is 0.542. The Labute approximate surface area is 189 Å². The number of nitrogens with zero attached hydrogens (tertiary/aromatic N) is 2. The van der Waals surface area contributed by atoms with Crippen LogP contribution in [-0.2, 0) is 9.53 Å². The van der Waals surface area contributed by atoms with Gasteiger partial charge in [-0.3, -0.25) is 9.59 Å². The second-order valence-corrected chi connectivity index (χ2v) is 8.92. The highest BCUT2D eigenvalue weighted by molar-refractivity contribution is 6.31. The summed E-state index contributed by atoms with van der Waals surface area (Å²) in [6.07, 6.45) is 3.98. The molecule has 0 spiro atoms. The number of hydrogen-bond donors (Lipinski definition) is 1. The van der Waals surface area contributed by atoms with Crippen molar-refractivity contribution in [3.05, 3.63) is 39.9 Å². The van der Waals surface area contributed by atoms with Crippen LogP contribution < -0.4 is 10.2 Å². The maximum atomic E-state index is 13.1. The van der Waals surface area contributed by atoms with Gasteiger partial charge in [0.05, 0.1) is 12.0 Å². The molecule has 3 rings (SSSR count). The van der Waals surface area contributed by atoms with E-state index in [1.807, 2.05) is 26.0 Å². The standard InChI is InChI=1S/C24H32ClN3O3/c1-6-28(19-7-8-31-16(4)10-19)22-12-18(25)11-20(17(22)5)23(29)26-13-21-14(2)9-15(3)27-24(21)30/h9,11-12,16,19,21H,6-8,10,13H2,1-5H3,(H,26,29)/t16-,19-,21?/m0/s1. The highest BCUT2D eigenvalue weighted by Gasteiger charge is 2.28. The van der Waals surface area contributed by atoms with E-state index in [1.165, 1.54) is 0 Å². The molecule has 6 nitrogen and oxygen atoms in total. The van der Waals surface area contributed by atoms with Crippen LogP contribution in [0.3, 0.4) is 0 Å². The van der Waals surface area contributed by atoms with Gasteiger partial charge in [0, 0.05) is 47.7 Å². The molecule has 31 heavy (non-hydrogen) atoms. The predicted molar refractivity (Wildman–Crippen MR) is 125 cm³/mol. The molecule has 0 bridgehead atoms. The van der Waals surface area contributed by atoms with Crippen LogP contribution in [0.2, 0.25) is 5.02 Å². The molecular weight excluding hydrogens is 414 g/mol. The number of carbonyl (C=O) groups excluding carboxylic acids is 2. The summed E-state index contributed by atoms with van der Waals surface area (Å²) >= 11 is 6.43. The molecule has 0 aliphatic carbocycles. The Morgan fingerprint density at radius 3 is 2.71 bits per heavy atom. The van der Waals surface area contributed by atoms with Crippen LogP contribution in [-0.4, -0.2) is 49.4 Å². The SMILES string of the molecule is CCN(c1cc(Cl)cc(C(=O)NCC2C(=O)N=C(C)C=C2C)c1C)[C@H]1CCO[C@@H](C)C1. The van der Waals surface area contributed by atoms with Crippen molar-refractivity contribution in [2.24, 2.45) is 10.9 Å². The predicted octanol–water partition coefficient (Wildman–Crippen LogP) is 4.34. The van der Waals surface area contributed by atoms with Crippen LogP contribution in [0.25, 0.3) is 0 Å². The van der Waals surface area contributed by atoms with Crippen molar-refractivity contribution in [1.29, 1.82) is 0 Å². The van der Waals surface area contributed by atoms with Gasteiger partial charge in [-0.15, -0.1) is 0 Å². The number of halogens is 1. The van der Waals surface area contributed by atoms with E-state index in [1.54, 1.807) is 13.0 Å². The van der Waals surface area contributed by atoms with Crippen molar-refractivity contribution in [2.75, 3.05) is 24.6 Å². The van der Waals surface area contributed by atoms with Crippen molar-refractivity contribution >= 4 is 34.8 Å². The average molecular weight is 446 g/mol. The van der Waals surface area contributed by atoms with Crippen LogP contribution in [0, 0.1) is 12.8 Å². The van der Waals surface area contributed by atoms with Gasteiger partial charge in [-0.1, -0.05) is 17.2 Å². The monoisotopic (exact) mass is 445 g/mol. The van der Waals surface area contributed by atoms with Crippen LogP contribution in [0.5, 0.6) is 0 Å². The van der Waals surface area contributed by atoms with Gasteiger partial charge in [-0.25, -0.2) is 4.99 Å². The Morgan fingerprint density at radius 1 is 1.32 bits per heavy atom. The molecule has 1 N–H and O–H groups in total. The first-order valence-corrected chi connectivity index (χ1v) is 11.3. The summed E-state index contributed by atoms with van der Waals surface area (Å²) in [6.45, 7) is 11.6. The van der Waals surface area contributed by atoms with E-state index in [0.717, 1.165) is 42.8 Å². The first-order chi connectivity index (χ1) is 14.7. The van der Waals surface area contributed by atoms with Crippen molar-refractivity contribution in [3.8, 4) is 0 Å².